The van der Waals surface area contributed by atoms with E-state index in [-0.39, 0.29) is 25.7 Å². The van der Waals surface area contributed by atoms with Gasteiger partial charge in [0.05, 0.1) is 26.4 Å². The molecule has 0 saturated heterocycles. The van der Waals surface area contributed by atoms with Crippen molar-refractivity contribution in [1.29, 1.82) is 0 Å². The lowest BCUT2D eigenvalue weighted by Crippen LogP contribution is -2.30. The van der Waals surface area contributed by atoms with E-state index >= 15 is 0 Å². The lowest BCUT2D eigenvalue weighted by atomic mass is 9.99. The monoisotopic (exact) mass is 1440 g/mol. The molecule has 98 heavy (non-hydrogen) atoms. The Balaban J connectivity index is 5.21. The summed E-state index contributed by atoms with van der Waals surface area (Å²) in [4.78, 5) is 72.9. The van der Waals surface area contributed by atoms with Crippen LogP contribution in [0, 0.1) is 23.7 Å². The van der Waals surface area contributed by atoms with E-state index in [4.69, 9.17) is 37.0 Å². The minimum atomic E-state index is -4.96. The number of hydrogen-bond acceptors (Lipinski definition) is 15. The third-order valence-corrected chi connectivity index (χ3v) is 20.9. The second-order valence-corrected chi connectivity index (χ2v) is 32.8. The number of esters is 4. The third kappa shape index (κ3) is 69.8. The highest BCUT2D eigenvalue weighted by Crippen LogP contribution is 2.45. The largest absolute Gasteiger partial charge is 0.472 e. The van der Waals surface area contributed by atoms with E-state index in [1.807, 2.05) is 0 Å². The van der Waals surface area contributed by atoms with Crippen LogP contribution in [-0.2, 0) is 65.4 Å². The second kappa shape index (κ2) is 68.2. The van der Waals surface area contributed by atoms with E-state index < -0.39 is 97.5 Å². The zero-order valence-electron chi connectivity index (χ0n) is 64.4. The Bertz CT molecular complexity index is 1920. The lowest BCUT2D eigenvalue weighted by molar-refractivity contribution is -0.161. The molecule has 0 aromatic rings. The first kappa shape index (κ1) is 96.1. The summed E-state index contributed by atoms with van der Waals surface area (Å²) in [6.45, 7) is 14.2. The van der Waals surface area contributed by atoms with Crippen molar-refractivity contribution in [2.75, 3.05) is 39.6 Å². The molecule has 0 spiro atoms. The average molecular weight is 1440 g/mol. The van der Waals surface area contributed by atoms with Crippen LogP contribution in [-0.4, -0.2) is 96.7 Å². The summed E-state index contributed by atoms with van der Waals surface area (Å²) in [5.41, 5.74) is 0. The highest BCUT2D eigenvalue weighted by Gasteiger charge is 2.30. The van der Waals surface area contributed by atoms with Crippen molar-refractivity contribution in [3.63, 3.8) is 0 Å². The normalized spacial score (nSPS) is 14.6. The Kier molecular flexibility index (Phi) is 66.8. The molecule has 0 aliphatic heterocycles. The second-order valence-electron chi connectivity index (χ2n) is 29.9. The number of aliphatic hydroxyl groups is 1. The molecule has 19 heteroatoms. The van der Waals surface area contributed by atoms with Crippen LogP contribution in [0.15, 0.2) is 0 Å². The van der Waals surface area contributed by atoms with E-state index in [1.165, 1.54) is 199 Å². The Morgan fingerprint density at radius 3 is 0.724 bits per heavy atom. The van der Waals surface area contributed by atoms with E-state index in [0.717, 1.165) is 114 Å². The molecule has 0 saturated carbocycles. The minimum Gasteiger partial charge on any atom is -0.462 e. The van der Waals surface area contributed by atoms with Crippen LogP contribution in [0.2, 0.25) is 0 Å². The number of phosphoric ester groups is 2. The van der Waals surface area contributed by atoms with Crippen molar-refractivity contribution in [1.82, 2.24) is 0 Å². The maximum absolute atomic E-state index is 13.1. The molecule has 582 valence electrons. The van der Waals surface area contributed by atoms with E-state index in [0.29, 0.717) is 31.6 Å². The quantitative estimate of drug-likeness (QED) is 0.0222. The molecule has 0 amide bonds. The van der Waals surface area contributed by atoms with Crippen LogP contribution >= 0.6 is 15.6 Å². The summed E-state index contributed by atoms with van der Waals surface area (Å²) in [5, 5.41) is 10.6. The predicted molar refractivity (Wildman–Crippen MR) is 400 cm³/mol. The maximum atomic E-state index is 13.1. The van der Waals surface area contributed by atoms with Crippen LogP contribution in [0.5, 0.6) is 0 Å². The van der Waals surface area contributed by atoms with E-state index in [9.17, 15) is 43.2 Å². The van der Waals surface area contributed by atoms with Crippen LogP contribution in [0.4, 0.5) is 0 Å². The van der Waals surface area contributed by atoms with E-state index in [2.05, 4.69) is 55.4 Å². The van der Waals surface area contributed by atoms with Crippen LogP contribution in [0.25, 0.3) is 0 Å². The summed E-state index contributed by atoms with van der Waals surface area (Å²) < 4.78 is 68.6. The van der Waals surface area contributed by atoms with Gasteiger partial charge in [-0.1, -0.05) is 351 Å². The van der Waals surface area contributed by atoms with Gasteiger partial charge >= 0.3 is 39.5 Å². The van der Waals surface area contributed by atoms with Crippen LogP contribution in [0.3, 0.4) is 0 Å². The smallest absolute Gasteiger partial charge is 0.462 e. The molecule has 0 aromatic carbocycles. The van der Waals surface area contributed by atoms with Crippen molar-refractivity contribution in [3.05, 3.63) is 0 Å². The van der Waals surface area contributed by atoms with Crippen LogP contribution in [0.1, 0.15) is 402 Å². The summed E-state index contributed by atoms with van der Waals surface area (Å²) >= 11 is 0. The highest BCUT2D eigenvalue weighted by molar-refractivity contribution is 7.47. The number of hydrogen-bond donors (Lipinski definition) is 3. The van der Waals surface area contributed by atoms with Gasteiger partial charge in [0.1, 0.15) is 19.3 Å². The zero-order valence-corrected chi connectivity index (χ0v) is 66.2. The summed E-state index contributed by atoms with van der Waals surface area (Å²) in [6.07, 6.45) is 54.1. The van der Waals surface area contributed by atoms with Gasteiger partial charge in [0.2, 0.25) is 0 Å². The predicted octanol–water partition coefficient (Wildman–Crippen LogP) is 23.2. The Hall–Kier alpha value is -1.94. The van der Waals surface area contributed by atoms with Crippen molar-refractivity contribution in [2.24, 2.45) is 23.7 Å². The fourth-order valence-corrected chi connectivity index (χ4v) is 13.6. The zero-order chi connectivity index (χ0) is 72.4. The Labute approximate surface area is 600 Å². The van der Waals surface area contributed by atoms with Gasteiger partial charge in [-0.15, -0.1) is 0 Å². The van der Waals surface area contributed by atoms with Gasteiger partial charge in [-0.05, 0) is 49.4 Å². The molecule has 0 rings (SSSR count). The molecule has 0 bridgehead atoms. The summed E-state index contributed by atoms with van der Waals surface area (Å²) in [7, 11) is -9.92. The van der Waals surface area contributed by atoms with Crippen molar-refractivity contribution < 1.29 is 80.2 Å². The SMILES string of the molecule is CCC(C)CCCCCCCCCCCCCCCCC(=O)OC[C@H](COP(=O)(O)OCC(O)COP(=O)(O)OC[C@@H](COC(=O)CCCCCCCCCC(C)C)OC(=O)CCCCCCCCCCCCCCCCCC(C)C)OC(=O)CCCCCCCCCCC(C)CC. The van der Waals surface area contributed by atoms with E-state index in [1.54, 1.807) is 0 Å². The van der Waals surface area contributed by atoms with Gasteiger partial charge in [0, 0.05) is 25.7 Å². The lowest BCUT2D eigenvalue weighted by Gasteiger charge is -2.21. The van der Waals surface area contributed by atoms with Gasteiger partial charge in [-0.25, -0.2) is 9.13 Å². The van der Waals surface area contributed by atoms with Gasteiger partial charge in [0.15, 0.2) is 12.2 Å². The molecular weight excluding hydrogens is 1280 g/mol. The first-order valence-corrected chi connectivity index (χ1v) is 43.8. The average Bonchev–Trinajstić information content (AvgIpc) is 1.29. The molecule has 7 atom stereocenters. The topological polar surface area (TPSA) is 237 Å². The molecule has 5 unspecified atom stereocenters. The van der Waals surface area contributed by atoms with Gasteiger partial charge in [-0.2, -0.15) is 0 Å². The number of ether oxygens (including phenoxy) is 4. The maximum Gasteiger partial charge on any atom is 0.472 e. The van der Waals surface area contributed by atoms with Crippen molar-refractivity contribution >= 4 is 39.5 Å². The molecule has 0 fully saturated rings. The number of rotatable bonds is 76. The third-order valence-electron chi connectivity index (χ3n) is 19.0. The minimum absolute atomic E-state index is 0.105. The highest BCUT2D eigenvalue weighted by atomic mass is 31.2. The molecule has 0 radical (unpaired) electrons. The Morgan fingerprint density at radius 1 is 0.286 bits per heavy atom. The van der Waals surface area contributed by atoms with Crippen LogP contribution < -0.4 is 0 Å². The number of phosphoric acid groups is 2. The number of carbonyl (C=O) groups excluding carboxylic acids is 4. The fourth-order valence-electron chi connectivity index (χ4n) is 12.0. The number of aliphatic hydroxyl groups excluding tert-OH is 1. The fraction of sp³-hybridized carbons (Fsp3) is 0.949. The molecule has 17 nitrogen and oxygen atoms in total. The summed E-state index contributed by atoms with van der Waals surface area (Å²) in [5.74, 6) is 1.01. The number of unbranched alkanes of at least 4 members (excludes halogenated alkanes) is 40. The number of carbonyl (C=O) groups is 4. The van der Waals surface area contributed by atoms with Crippen molar-refractivity contribution in [2.45, 2.75) is 420 Å². The first-order chi connectivity index (χ1) is 47.2. The van der Waals surface area contributed by atoms with Gasteiger partial charge in [0.25, 0.3) is 0 Å². The molecule has 0 aliphatic carbocycles. The standard InChI is InChI=1S/C79H154O17P2/c1-9-71(7)57-49-41-33-25-21-17-14-15-18-22-26-35-43-51-59-76(81)89-65-74(96-79(84)62-54-46-37-29-28-34-42-50-58-72(8)10-2)67-93-97(85,86)91-63-73(80)64-92-98(87,88)94-68-75(66-90-77(82)60-52-44-38-30-32-40-48-56-70(5)6)95-78(83)61-53-45-36-27-23-19-13-11-12-16-20-24-31-39-47-55-69(3)4/h69-75,80H,9-68H2,1-8H3,(H,85,86)(H,87,88)/t71?,72?,73?,74-,75-/m1/s1. The molecule has 3 N–H and O–H groups in total. The molecule has 0 heterocycles. The van der Waals surface area contributed by atoms with Gasteiger partial charge in [-0.3, -0.25) is 37.3 Å². The summed E-state index contributed by atoms with van der Waals surface area (Å²) in [6, 6.07) is 0. The molecular formula is C79H154O17P2. The van der Waals surface area contributed by atoms with Gasteiger partial charge < -0.3 is 33.8 Å². The molecule has 0 aromatic heterocycles. The first-order valence-electron chi connectivity index (χ1n) is 40.8. The molecule has 0 aliphatic rings. The Morgan fingerprint density at radius 2 is 0.490 bits per heavy atom. The van der Waals surface area contributed by atoms with Crippen molar-refractivity contribution in [3.8, 4) is 0 Å².